The van der Waals surface area contributed by atoms with E-state index in [4.69, 9.17) is 4.74 Å². The summed E-state index contributed by atoms with van der Waals surface area (Å²) in [6.07, 6.45) is 0.0217. The third-order valence-electron chi connectivity index (χ3n) is 4.68. The van der Waals surface area contributed by atoms with E-state index < -0.39 is 5.97 Å². The van der Waals surface area contributed by atoms with Crippen LogP contribution >= 0.6 is 0 Å². The van der Waals surface area contributed by atoms with Crippen molar-refractivity contribution >= 4 is 22.6 Å². The number of benzene rings is 2. The number of nitrogens with zero attached hydrogens (tertiary/aromatic N) is 2. The SMILES string of the molecule is COC(=O)Cc1c(C)nc2ccc(F)cc2c1N(CCO)Cc1ccccc1. The molecule has 0 radical (unpaired) electrons. The van der Waals surface area contributed by atoms with Crippen LogP contribution in [0.5, 0.6) is 0 Å². The number of aliphatic hydroxyl groups is 1. The minimum atomic E-state index is -0.398. The molecule has 0 atom stereocenters. The van der Waals surface area contributed by atoms with Gasteiger partial charge in [-0.1, -0.05) is 30.3 Å². The van der Waals surface area contributed by atoms with Crippen LogP contribution in [0.2, 0.25) is 0 Å². The number of hydrogen-bond acceptors (Lipinski definition) is 5. The van der Waals surface area contributed by atoms with Crippen LogP contribution in [0.15, 0.2) is 48.5 Å². The zero-order chi connectivity index (χ0) is 20.1. The molecule has 3 aromatic rings. The number of hydrogen-bond donors (Lipinski definition) is 1. The van der Waals surface area contributed by atoms with Crippen molar-refractivity contribution in [1.29, 1.82) is 0 Å². The lowest BCUT2D eigenvalue weighted by atomic mass is 10.0. The van der Waals surface area contributed by atoms with Crippen LogP contribution in [0.25, 0.3) is 10.9 Å². The van der Waals surface area contributed by atoms with Crippen molar-refractivity contribution in [2.45, 2.75) is 19.9 Å². The zero-order valence-corrected chi connectivity index (χ0v) is 16.0. The highest BCUT2D eigenvalue weighted by molar-refractivity contribution is 5.95. The molecule has 0 spiro atoms. The van der Waals surface area contributed by atoms with Crippen molar-refractivity contribution in [3.63, 3.8) is 0 Å². The lowest BCUT2D eigenvalue weighted by molar-refractivity contribution is -0.139. The number of carbonyl (C=O) groups excluding carboxylic acids is 1. The van der Waals surface area contributed by atoms with Gasteiger partial charge >= 0.3 is 5.97 Å². The number of carbonyl (C=O) groups is 1. The first-order valence-electron chi connectivity index (χ1n) is 9.08. The number of aliphatic hydroxyl groups excluding tert-OH is 1. The molecule has 5 nitrogen and oxygen atoms in total. The van der Waals surface area contributed by atoms with Crippen LogP contribution in [-0.4, -0.2) is 36.3 Å². The zero-order valence-electron chi connectivity index (χ0n) is 16.0. The number of aryl methyl sites for hydroxylation is 1. The highest BCUT2D eigenvalue weighted by atomic mass is 19.1. The Morgan fingerprint density at radius 2 is 1.96 bits per heavy atom. The van der Waals surface area contributed by atoms with Gasteiger partial charge in [0.05, 0.1) is 31.3 Å². The molecule has 0 amide bonds. The molecular formula is C22H23FN2O3. The Kier molecular flexibility index (Phi) is 6.21. The van der Waals surface area contributed by atoms with Gasteiger partial charge in [-0.25, -0.2) is 4.39 Å². The molecule has 0 fully saturated rings. The van der Waals surface area contributed by atoms with Crippen LogP contribution in [0.1, 0.15) is 16.8 Å². The number of aromatic nitrogens is 1. The lowest BCUT2D eigenvalue weighted by Gasteiger charge is -2.29. The van der Waals surface area contributed by atoms with Crippen LogP contribution in [0, 0.1) is 12.7 Å². The van der Waals surface area contributed by atoms with Crippen LogP contribution in [0.4, 0.5) is 10.1 Å². The van der Waals surface area contributed by atoms with Crippen LogP contribution in [-0.2, 0) is 22.5 Å². The van der Waals surface area contributed by atoms with Gasteiger partial charge in [0.25, 0.3) is 0 Å². The molecule has 2 aromatic carbocycles. The van der Waals surface area contributed by atoms with E-state index in [1.807, 2.05) is 42.2 Å². The largest absolute Gasteiger partial charge is 0.469 e. The Bertz CT molecular complexity index is 976. The predicted octanol–water partition coefficient (Wildman–Crippen LogP) is 3.40. The summed E-state index contributed by atoms with van der Waals surface area (Å²) < 4.78 is 18.9. The number of fused-ring (bicyclic) bond motifs is 1. The van der Waals surface area contributed by atoms with Crippen molar-refractivity contribution < 1.29 is 19.0 Å². The highest BCUT2D eigenvalue weighted by Gasteiger charge is 2.21. The molecule has 3 rings (SSSR count). The minimum Gasteiger partial charge on any atom is -0.469 e. The number of rotatable bonds is 7. The fraction of sp³-hybridized carbons (Fsp3) is 0.273. The quantitative estimate of drug-likeness (QED) is 0.635. The maximum atomic E-state index is 14.1. The number of halogens is 1. The van der Waals surface area contributed by atoms with E-state index in [0.29, 0.717) is 40.9 Å². The molecule has 6 heteroatoms. The molecular weight excluding hydrogens is 359 g/mol. The highest BCUT2D eigenvalue weighted by Crippen LogP contribution is 2.34. The molecule has 146 valence electrons. The topological polar surface area (TPSA) is 62.7 Å². The first-order valence-corrected chi connectivity index (χ1v) is 9.08. The second-order valence-electron chi connectivity index (χ2n) is 6.57. The van der Waals surface area contributed by atoms with Gasteiger partial charge in [0, 0.05) is 29.7 Å². The smallest absolute Gasteiger partial charge is 0.310 e. The van der Waals surface area contributed by atoms with Crippen molar-refractivity contribution in [3.8, 4) is 0 Å². The number of pyridine rings is 1. The van der Waals surface area contributed by atoms with E-state index in [0.717, 1.165) is 5.56 Å². The van der Waals surface area contributed by atoms with Crippen LogP contribution in [0.3, 0.4) is 0 Å². The number of ether oxygens (including phenoxy) is 1. The van der Waals surface area contributed by atoms with Gasteiger partial charge in [-0.3, -0.25) is 9.78 Å². The average Bonchev–Trinajstić information content (AvgIpc) is 2.69. The number of esters is 1. The summed E-state index contributed by atoms with van der Waals surface area (Å²) in [6, 6.07) is 14.2. The monoisotopic (exact) mass is 382 g/mol. The van der Waals surface area contributed by atoms with E-state index in [2.05, 4.69) is 4.98 Å². The molecule has 1 heterocycles. The van der Waals surface area contributed by atoms with Gasteiger partial charge in [-0.15, -0.1) is 0 Å². The second-order valence-corrected chi connectivity index (χ2v) is 6.57. The maximum Gasteiger partial charge on any atom is 0.310 e. The summed E-state index contributed by atoms with van der Waals surface area (Å²) in [4.78, 5) is 18.5. The van der Waals surface area contributed by atoms with E-state index >= 15 is 0 Å². The van der Waals surface area contributed by atoms with Gasteiger partial charge in [0.1, 0.15) is 5.82 Å². The summed E-state index contributed by atoms with van der Waals surface area (Å²) in [7, 11) is 1.33. The summed E-state index contributed by atoms with van der Waals surface area (Å²) >= 11 is 0. The fourth-order valence-electron chi connectivity index (χ4n) is 3.36. The molecule has 28 heavy (non-hydrogen) atoms. The molecule has 0 aliphatic rings. The molecule has 0 aliphatic carbocycles. The molecule has 0 unspecified atom stereocenters. The van der Waals surface area contributed by atoms with Gasteiger partial charge < -0.3 is 14.7 Å². The molecule has 0 saturated heterocycles. The minimum absolute atomic E-state index is 0.0217. The van der Waals surface area contributed by atoms with Gasteiger partial charge in [0.2, 0.25) is 0 Å². The fourth-order valence-corrected chi connectivity index (χ4v) is 3.36. The molecule has 1 N–H and O–H groups in total. The van der Waals surface area contributed by atoms with Crippen molar-refractivity contribution in [1.82, 2.24) is 4.98 Å². The Balaban J connectivity index is 2.21. The Morgan fingerprint density at radius 3 is 2.64 bits per heavy atom. The van der Waals surface area contributed by atoms with Crippen molar-refractivity contribution in [2.75, 3.05) is 25.2 Å². The summed E-state index contributed by atoms with van der Waals surface area (Å²) in [5, 5.41) is 10.3. The Hall–Kier alpha value is -2.99. The van der Waals surface area contributed by atoms with Crippen molar-refractivity contribution in [2.24, 2.45) is 0 Å². The number of methoxy groups -OCH3 is 1. The van der Waals surface area contributed by atoms with Crippen molar-refractivity contribution in [3.05, 3.63) is 71.2 Å². The predicted molar refractivity (Wildman–Crippen MR) is 107 cm³/mol. The van der Waals surface area contributed by atoms with Crippen LogP contribution < -0.4 is 4.90 Å². The van der Waals surface area contributed by atoms with E-state index in [1.165, 1.54) is 19.2 Å². The summed E-state index contributed by atoms with van der Waals surface area (Å²) in [5.41, 5.74) is 3.73. The second kappa shape index (κ2) is 8.80. The van der Waals surface area contributed by atoms with E-state index in [-0.39, 0.29) is 18.8 Å². The molecule has 0 aliphatic heterocycles. The lowest BCUT2D eigenvalue weighted by Crippen LogP contribution is -2.28. The number of anilines is 1. The third-order valence-corrected chi connectivity index (χ3v) is 4.68. The molecule has 0 bridgehead atoms. The first kappa shape index (κ1) is 19.8. The Labute approximate surface area is 163 Å². The normalized spacial score (nSPS) is 10.9. The Morgan fingerprint density at radius 1 is 1.21 bits per heavy atom. The summed E-state index contributed by atoms with van der Waals surface area (Å²) in [5.74, 6) is -0.780. The average molecular weight is 382 g/mol. The standard InChI is InChI=1S/C22H23FN2O3/c1-15-18(13-21(27)28-2)22(19-12-17(23)8-9-20(19)24-15)25(10-11-26)14-16-6-4-3-5-7-16/h3-9,12,26H,10-11,13-14H2,1-2H3. The summed E-state index contributed by atoms with van der Waals surface area (Å²) in [6.45, 7) is 2.58. The van der Waals surface area contributed by atoms with E-state index in [9.17, 15) is 14.3 Å². The van der Waals surface area contributed by atoms with Gasteiger partial charge in [-0.2, -0.15) is 0 Å². The van der Waals surface area contributed by atoms with Gasteiger partial charge in [-0.05, 0) is 30.7 Å². The third kappa shape index (κ3) is 4.28. The maximum absolute atomic E-state index is 14.1. The molecule has 0 saturated carbocycles. The first-order chi connectivity index (χ1) is 13.5. The van der Waals surface area contributed by atoms with Gasteiger partial charge in [0.15, 0.2) is 0 Å². The van der Waals surface area contributed by atoms with E-state index in [1.54, 1.807) is 6.07 Å². The molecule has 1 aromatic heterocycles.